The van der Waals surface area contributed by atoms with Crippen LogP contribution in [0, 0.1) is 12.7 Å². The summed E-state index contributed by atoms with van der Waals surface area (Å²) < 4.78 is 13.1. The van der Waals surface area contributed by atoms with Crippen molar-refractivity contribution in [3.63, 3.8) is 0 Å². The lowest BCUT2D eigenvalue weighted by Crippen LogP contribution is -2.48. The van der Waals surface area contributed by atoms with Crippen LogP contribution in [0.3, 0.4) is 0 Å². The number of carbonyl (C=O) groups excluding carboxylic acids is 1. The van der Waals surface area contributed by atoms with Crippen molar-refractivity contribution in [3.8, 4) is 0 Å². The van der Waals surface area contributed by atoms with Gasteiger partial charge in [-0.05, 0) is 42.8 Å². The maximum absolute atomic E-state index is 13.1. The van der Waals surface area contributed by atoms with E-state index in [2.05, 4.69) is 46.3 Å². The van der Waals surface area contributed by atoms with Gasteiger partial charge in [-0.15, -0.1) is 0 Å². The third-order valence-corrected chi connectivity index (χ3v) is 4.21. The predicted molar refractivity (Wildman–Crippen MR) is 94.9 cm³/mol. The monoisotopic (exact) mass is 327 g/mol. The number of benzene rings is 2. The molecule has 0 spiro atoms. The van der Waals surface area contributed by atoms with Crippen molar-refractivity contribution in [1.29, 1.82) is 0 Å². The Hall–Kier alpha value is -2.40. The molecule has 0 aromatic heterocycles. The second kappa shape index (κ2) is 7.45. The van der Waals surface area contributed by atoms with Crippen molar-refractivity contribution in [1.82, 2.24) is 4.90 Å². The zero-order valence-electron chi connectivity index (χ0n) is 13.8. The van der Waals surface area contributed by atoms with Gasteiger partial charge in [0.2, 0.25) is 5.91 Å². The van der Waals surface area contributed by atoms with E-state index in [4.69, 9.17) is 0 Å². The molecule has 1 aliphatic rings. The van der Waals surface area contributed by atoms with Gasteiger partial charge in [-0.2, -0.15) is 0 Å². The summed E-state index contributed by atoms with van der Waals surface area (Å²) in [6.07, 6.45) is 0. The lowest BCUT2D eigenvalue weighted by molar-refractivity contribution is -0.117. The van der Waals surface area contributed by atoms with E-state index in [9.17, 15) is 9.18 Å². The summed E-state index contributed by atoms with van der Waals surface area (Å²) >= 11 is 0. The van der Waals surface area contributed by atoms with Crippen molar-refractivity contribution in [2.24, 2.45) is 0 Å². The van der Waals surface area contributed by atoms with Crippen LogP contribution in [0.5, 0.6) is 0 Å². The Morgan fingerprint density at radius 1 is 1.08 bits per heavy atom. The summed E-state index contributed by atoms with van der Waals surface area (Å²) in [4.78, 5) is 16.6. The number of anilines is 2. The molecule has 24 heavy (non-hydrogen) atoms. The number of aryl methyl sites for hydroxylation is 1. The van der Waals surface area contributed by atoms with E-state index >= 15 is 0 Å². The molecule has 1 N–H and O–H groups in total. The number of hydrogen-bond acceptors (Lipinski definition) is 3. The molecule has 1 fully saturated rings. The summed E-state index contributed by atoms with van der Waals surface area (Å²) in [7, 11) is 0. The number of piperazine rings is 1. The molecule has 5 heteroatoms. The molecule has 0 atom stereocenters. The molecule has 1 amide bonds. The first-order valence-electron chi connectivity index (χ1n) is 8.19. The minimum absolute atomic E-state index is 0.107. The van der Waals surface area contributed by atoms with Gasteiger partial charge in [-0.3, -0.25) is 9.69 Å². The largest absolute Gasteiger partial charge is 0.369 e. The lowest BCUT2D eigenvalue weighted by atomic mass is 10.2. The van der Waals surface area contributed by atoms with Crippen LogP contribution in [0.15, 0.2) is 48.5 Å². The molecule has 4 nitrogen and oxygen atoms in total. The summed E-state index contributed by atoms with van der Waals surface area (Å²) in [5.41, 5.74) is 2.99. The average Bonchev–Trinajstić information content (AvgIpc) is 2.55. The summed E-state index contributed by atoms with van der Waals surface area (Å²) in [6, 6.07) is 14.4. The number of nitrogens with one attached hydrogen (secondary N) is 1. The number of halogens is 1. The Balaban J connectivity index is 1.49. The van der Waals surface area contributed by atoms with Gasteiger partial charge in [0.25, 0.3) is 0 Å². The maximum Gasteiger partial charge on any atom is 0.238 e. The topological polar surface area (TPSA) is 35.6 Å². The highest BCUT2D eigenvalue weighted by atomic mass is 19.1. The van der Waals surface area contributed by atoms with Crippen molar-refractivity contribution >= 4 is 17.3 Å². The van der Waals surface area contributed by atoms with Crippen LogP contribution in [0.2, 0.25) is 0 Å². The van der Waals surface area contributed by atoms with Crippen molar-refractivity contribution in [3.05, 3.63) is 59.9 Å². The number of nitrogens with zero attached hydrogens (tertiary/aromatic N) is 2. The first-order valence-corrected chi connectivity index (χ1v) is 8.19. The highest BCUT2D eigenvalue weighted by Gasteiger charge is 2.19. The fourth-order valence-corrected chi connectivity index (χ4v) is 2.96. The zero-order chi connectivity index (χ0) is 16.9. The molecule has 0 saturated carbocycles. The molecule has 126 valence electrons. The second-order valence-corrected chi connectivity index (χ2v) is 6.16. The molecule has 2 aromatic carbocycles. The minimum atomic E-state index is -0.348. The van der Waals surface area contributed by atoms with Crippen LogP contribution in [0.4, 0.5) is 15.8 Å². The van der Waals surface area contributed by atoms with Crippen molar-refractivity contribution in [2.45, 2.75) is 6.92 Å². The Morgan fingerprint density at radius 2 is 1.83 bits per heavy atom. The number of hydrogen-bond donors (Lipinski definition) is 1. The fraction of sp³-hybridized carbons (Fsp3) is 0.316. The number of carbonyl (C=O) groups is 1. The summed E-state index contributed by atoms with van der Waals surface area (Å²) in [6.45, 7) is 5.90. The summed E-state index contributed by atoms with van der Waals surface area (Å²) in [5.74, 6) is -0.454. The van der Waals surface area contributed by atoms with Crippen LogP contribution in [-0.4, -0.2) is 43.5 Å². The van der Waals surface area contributed by atoms with Crippen LogP contribution in [-0.2, 0) is 4.79 Å². The van der Waals surface area contributed by atoms with Crippen LogP contribution in [0.25, 0.3) is 0 Å². The standard InChI is InChI=1S/C19H22FN3O/c1-15-4-2-7-18(12-15)23-10-8-22(9-11-23)14-19(24)21-17-6-3-5-16(20)13-17/h2-7,12-13H,8-11,14H2,1H3,(H,21,24). The normalized spacial score (nSPS) is 15.3. The Bertz CT molecular complexity index is 711. The third kappa shape index (κ3) is 4.32. The Kier molecular flexibility index (Phi) is 5.11. The van der Waals surface area contributed by atoms with Crippen LogP contribution < -0.4 is 10.2 Å². The van der Waals surface area contributed by atoms with E-state index in [0.717, 1.165) is 26.2 Å². The minimum Gasteiger partial charge on any atom is -0.369 e. The molecule has 3 rings (SSSR count). The van der Waals surface area contributed by atoms with Gasteiger partial charge in [0, 0.05) is 37.6 Å². The van der Waals surface area contributed by atoms with Gasteiger partial charge >= 0.3 is 0 Å². The molecule has 1 aliphatic heterocycles. The molecular formula is C19H22FN3O. The van der Waals surface area contributed by atoms with Crippen molar-refractivity contribution < 1.29 is 9.18 Å². The van der Waals surface area contributed by atoms with Gasteiger partial charge in [-0.25, -0.2) is 4.39 Å². The van der Waals surface area contributed by atoms with Crippen molar-refractivity contribution in [2.75, 3.05) is 42.9 Å². The number of amides is 1. The second-order valence-electron chi connectivity index (χ2n) is 6.16. The van der Waals surface area contributed by atoms with E-state index in [1.54, 1.807) is 12.1 Å². The van der Waals surface area contributed by atoms with Crippen LogP contribution in [0.1, 0.15) is 5.56 Å². The quantitative estimate of drug-likeness (QED) is 0.938. The molecule has 1 heterocycles. The van der Waals surface area contributed by atoms with E-state index in [1.807, 2.05) is 0 Å². The van der Waals surface area contributed by atoms with E-state index in [-0.39, 0.29) is 11.7 Å². The van der Waals surface area contributed by atoms with E-state index in [0.29, 0.717) is 12.2 Å². The van der Waals surface area contributed by atoms with Gasteiger partial charge in [-0.1, -0.05) is 18.2 Å². The van der Waals surface area contributed by atoms with Crippen LogP contribution >= 0.6 is 0 Å². The van der Waals surface area contributed by atoms with Gasteiger partial charge in [0.05, 0.1) is 6.54 Å². The fourth-order valence-electron chi connectivity index (χ4n) is 2.96. The lowest BCUT2D eigenvalue weighted by Gasteiger charge is -2.35. The highest BCUT2D eigenvalue weighted by molar-refractivity contribution is 5.92. The molecule has 0 bridgehead atoms. The van der Waals surface area contributed by atoms with Gasteiger partial charge < -0.3 is 10.2 Å². The van der Waals surface area contributed by atoms with Gasteiger partial charge in [0.15, 0.2) is 0 Å². The maximum atomic E-state index is 13.1. The smallest absolute Gasteiger partial charge is 0.238 e. The predicted octanol–water partition coefficient (Wildman–Crippen LogP) is 2.89. The molecule has 0 radical (unpaired) electrons. The SMILES string of the molecule is Cc1cccc(N2CCN(CC(=O)Nc3cccc(F)c3)CC2)c1. The highest BCUT2D eigenvalue weighted by Crippen LogP contribution is 2.17. The molecular weight excluding hydrogens is 305 g/mol. The zero-order valence-corrected chi connectivity index (χ0v) is 13.8. The van der Waals surface area contributed by atoms with Gasteiger partial charge in [0.1, 0.15) is 5.82 Å². The first-order chi connectivity index (χ1) is 11.6. The Morgan fingerprint density at radius 3 is 2.54 bits per heavy atom. The number of rotatable bonds is 4. The molecule has 0 aliphatic carbocycles. The molecule has 1 saturated heterocycles. The van der Waals surface area contributed by atoms with E-state index in [1.165, 1.54) is 23.4 Å². The molecule has 0 unspecified atom stereocenters. The first kappa shape index (κ1) is 16.5. The Labute approximate surface area is 141 Å². The average molecular weight is 327 g/mol. The van der Waals surface area contributed by atoms with E-state index < -0.39 is 0 Å². The third-order valence-electron chi connectivity index (χ3n) is 4.21. The molecule has 2 aromatic rings. The summed E-state index contributed by atoms with van der Waals surface area (Å²) in [5, 5.41) is 2.75.